The molecule has 0 atom stereocenters. The summed E-state index contributed by atoms with van der Waals surface area (Å²) >= 11 is 0. The number of unbranched alkanes of at least 4 members (excludes halogenated alkanes) is 13. The molecule has 1 aromatic carbocycles. The van der Waals surface area contributed by atoms with Crippen LogP contribution in [0.25, 0.3) is 0 Å². The first-order valence-electron chi connectivity index (χ1n) is 12.2. The maximum absolute atomic E-state index is 11.1. The van der Waals surface area contributed by atoms with Crippen molar-refractivity contribution in [3.05, 3.63) is 29.8 Å². The second-order valence-corrected chi connectivity index (χ2v) is 8.45. The number of rotatable bonds is 20. The van der Waals surface area contributed by atoms with Crippen molar-refractivity contribution in [3.63, 3.8) is 0 Å². The van der Waals surface area contributed by atoms with E-state index in [1.807, 2.05) is 24.3 Å². The van der Waals surface area contributed by atoms with Crippen molar-refractivity contribution in [2.75, 3.05) is 11.9 Å². The molecule has 0 radical (unpaired) electrons. The van der Waals surface area contributed by atoms with Gasteiger partial charge in [-0.15, -0.1) is 0 Å². The Labute approximate surface area is 183 Å². The van der Waals surface area contributed by atoms with E-state index in [-0.39, 0.29) is 6.42 Å². The highest BCUT2D eigenvalue weighted by atomic mass is 16.4. The van der Waals surface area contributed by atoms with Crippen molar-refractivity contribution in [2.24, 2.45) is 0 Å². The molecular weight excluding hydrogens is 374 g/mol. The summed E-state index contributed by atoms with van der Waals surface area (Å²) in [7, 11) is 0. The van der Waals surface area contributed by atoms with E-state index in [4.69, 9.17) is 5.11 Å². The second-order valence-electron chi connectivity index (χ2n) is 8.45. The predicted octanol–water partition coefficient (Wildman–Crippen LogP) is 7.17. The summed E-state index contributed by atoms with van der Waals surface area (Å²) in [6.07, 6.45) is 19.8. The molecule has 0 saturated carbocycles. The topological polar surface area (TPSA) is 66.4 Å². The standard InChI is InChI=1S/C26H43NO3/c1-2-3-4-5-6-7-8-9-10-11-12-13-14-15-22-27-24-19-16-23(17-20-24)18-21-25(28)26(29)30/h16-17,19-20,27H,2-15,18,21-22H2,1H3,(H,29,30). The van der Waals surface area contributed by atoms with Crippen molar-refractivity contribution >= 4 is 17.4 Å². The van der Waals surface area contributed by atoms with Gasteiger partial charge in [-0.05, 0) is 30.5 Å². The second kappa shape index (κ2) is 18.0. The van der Waals surface area contributed by atoms with E-state index in [0.717, 1.165) is 17.8 Å². The zero-order valence-corrected chi connectivity index (χ0v) is 19.1. The van der Waals surface area contributed by atoms with Crippen LogP contribution in [-0.4, -0.2) is 23.4 Å². The van der Waals surface area contributed by atoms with E-state index in [1.54, 1.807) is 0 Å². The van der Waals surface area contributed by atoms with Crippen molar-refractivity contribution in [1.29, 1.82) is 0 Å². The monoisotopic (exact) mass is 417 g/mol. The zero-order chi connectivity index (χ0) is 21.9. The van der Waals surface area contributed by atoms with Gasteiger partial charge in [-0.2, -0.15) is 0 Å². The quantitative estimate of drug-likeness (QED) is 0.174. The minimum absolute atomic E-state index is 0.0567. The summed E-state index contributed by atoms with van der Waals surface area (Å²) in [5.74, 6) is -2.07. The Morgan fingerprint density at radius 3 is 1.67 bits per heavy atom. The number of carboxylic acids is 1. The fraction of sp³-hybridized carbons (Fsp3) is 0.692. The van der Waals surface area contributed by atoms with Crippen LogP contribution in [-0.2, 0) is 16.0 Å². The van der Waals surface area contributed by atoms with E-state index in [9.17, 15) is 9.59 Å². The Morgan fingerprint density at radius 1 is 0.733 bits per heavy atom. The summed E-state index contributed by atoms with van der Waals surface area (Å²) in [6, 6.07) is 7.93. The molecule has 0 aromatic heterocycles. The van der Waals surface area contributed by atoms with Crippen molar-refractivity contribution < 1.29 is 14.7 Å². The van der Waals surface area contributed by atoms with Crippen LogP contribution in [0.4, 0.5) is 5.69 Å². The first kappa shape index (κ1) is 26.2. The first-order valence-corrected chi connectivity index (χ1v) is 12.2. The number of benzene rings is 1. The lowest BCUT2D eigenvalue weighted by molar-refractivity contribution is -0.149. The molecule has 0 amide bonds. The minimum Gasteiger partial charge on any atom is -0.476 e. The highest BCUT2D eigenvalue weighted by Gasteiger charge is 2.10. The third-order valence-electron chi connectivity index (χ3n) is 5.69. The molecule has 0 heterocycles. The normalized spacial score (nSPS) is 10.8. The summed E-state index contributed by atoms with van der Waals surface area (Å²) in [4.78, 5) is 21.7. The lowest BCUT2D eigenvalue weighted by atomic mass is 10.0. The van der Waals surface area contributed by atoms with Gasteiger partial charge in [-0.1, -0.05) is 103 Å². The third-order valence-corrected chi connectivity index (χ3v) is 5.69. The van der Waals surface area contributed by atoms with E-state index in [2.05, 4.69) is 12.2 Å². The molecule has 0 aliphatic heterocycles. The summed E-state index contributed by atoms with van der Waals surface area (Å²) in [6.45, 7) is 3.26. The molecule has 1 rings (SSSR count). The van der Waals surface area contributed by atoms with E-state index in [0.29, 0.717) is 6.42 Å². The number of carbonyl (C=O) groups is 2. The first-order chi connectivity index (χ1) is 14.6. The van der Waals surface area contributed by atoms with Gasteiger partial charge in [0.25, 0.3) is 0 Å². The molecule has 0 fully saturated rings. The molecular formula is C26H43NO3. The SMILES string of the molecule is CCCCCCCCCCCCCCCCNc1ccc(CCC(=O)C(=O)O)cc1. The highest BCUT2D eigenvalue weighted by molar-refractivity contribution is 6.32. The number of aryl methyl sites for hydroxylation is 1. The van der Waals surface area contributed by atoms with Gasteiger partial charge < -0.3 is 10.4 Å². The average Bonchev–Trinajstić information content (AvgIpc) is 2.75. The van der Waals surface area contributed by atoms with Crippen LogP contribution in [0.15, 0.2) is 24.3 Å². The van der Waals surface area contributed by atoms with Crippen molar-refractivity contribution in [3.8, 4) is 0 Å². The van der Waals surface area contributed by atoms with Crippen LogP contribution in [0.1, 0.15) is 109 Å². The van der Waals surface area contributed by atoms with Gasteiger partial charge in [-0.3, -0.25) is 4.79 Å². The molecule has 0 spiro atoms. The summed E-state index contributed by atoms with van der Waals surface area (Å²) < 4.78 is 0. The molecule has 0 aliphatic rings. The fourth-order valence-corrected chi connectivity index (χ4v) is 3.71. The number of Topliss-reactive ketones (excluding diaryl/α,β-unsaturated/α-hetero) is 1. The fourth-order valence-electron chi connectivity index (χ4n) is 3.71. The molecule has 30 heavy (non-hydrogen) atoms. The van der Waals surface area contributed by atoms with E-state index < -0.39 is 11.8 Å². The van der Waals surface area contributed by atoms with Gasteiger partial charge in [0, 0.05) is 18.7 Å². The number of aliphatic carboxylic acids is 1. The number of carbonyl (C=O) groups excluding carboxylic acids is 1. The number of hydrogen-bond donors (Lipinski definition) is 2. The molecule has 170 valence electrons. The van der Waals surface area contributed by atoms with Gasteiger partial charge in [0.05, 0.1) is 0 Å². The van der Waals surface area contributed by atoms with Crippen LogP contribution in [0.2, 0.25) is 0 Å². The smallest absolute Gasteiger partial charge is 0.372 e. The zero-order valence-electron chi connectivity index (χ0n) is 19.1. The van der Waals surface area contributed by atoms with Crippen LogP contribution >= 0.6 is 0 Å². The number of ketones is 1. The molecule has 2 N–H and O–H groups in total. The number of carboxylic acid groups (broad SMARTS) is 1. The van der Waals surface area contributed by atoms with Crippen LogP contribution in [0.5, 0.6) is 0 Å². The Morgan fingerprint density at radius 2 is 1.20 bits per heavy atom. The predicted molar refractivity (Wildman–Crippen MR) is 126 cm³/mol. The van der Waals surface area contributed by atoms with Crippen LogP contribution < -0.4 is 5.32 Å². The Kier molecular flexibility index (Phi) is 15.7. The molecule has 4 heteroatoms. The van der Waals surface area contributed by atoms with Gasteiger partial charge in [0.1, 0.15) is 0 Å². The van der Waals surface area contributed by atoms with Gasteiger partial charge >= 0.3 is 5.97 Å². The lowest BCUT2D eigenvalue weighted by Gasteiger charge is -2.07. The average molecular weight is 418 g/mol. The molecule has 0 unspecified atom stereocenters. The maximum atomic E-state index is 11.1. The van der Waals surface area contributed by atoms with Crippen molar-refractivity contribution in [1.82, 2.24) is 0 Å². The van der Waals surface area contributed by atoms with E-state index in [1.165, 1.54) is 89.9 Å². The summed E-state index contributed by atoms with van der Waals surface area (Å²) in [5.41, 5.74) is 2.07. The van der Waals surface area contributed by atoms with Crippen LogP contribution in [0.3, 0.4) is 0 Å². The molecule has 1 aromatic rings. The Balaban J connectivity index is 1.91. The molecule has 0 bridgehead atoms. The van der Waals surface area contributed by atoms with Gasteiger partial charge in [0.2, 0.25) is 5.78 Å². The van der Waals surface area contributed by atoms with E-state index >= 15 is 0 Å². The Bertz CT molecular complexity index is 568. The largest absolute Gasteiger partial charge is 0.476 e. The third kappa shape index (κ3) is 14.2. The Hall–Kier alpha value is -1.84. The summed E-state index contributed by atoms with van der Waals surface area (Å²) in [5, 5.41) is 12.0. The lowest BCUT2D eigenvalue weighted by Crippen LogP contribution is -2.12. The number of anilines is 1. The van der Waals surface area contributed by atoms with Crippen molar-refractivity contribution in [2.45, 2.75) is 110 Å². The molecule has 4 nitrogen and oxygen atoms in total. The number of hydrogen-bond acceptors (Lipinski definition) is 3. The van der Waals surface area contributed by atoms with Gasteiger partial charge in [-0.25, -0.2) is 4.79 Å². The minimum atomic E-state index is -1.35. The highest BCUT2D eigenvalue weighted by Crippen LogP contribution is 2.14. The maximum Gasteiger partial charge on any atom is 0.372 e. The number of nitrogens with one attached hydrogen (secondary N) is 1. The van der Waals surface area contributed by atoms with Crippen LogP contribution in [0, 0.1) is 0 Å². The molecule has 0 saturated heterocycles. The van der Waals surface area contributed by atoms with Gasteiger partial charge in [0.15, 0.2) is 0 Å². The molecule has 0 aliphatic carbocycles.